The molecule has 3 rings (SSSR count). The van der Waals surface area contributed by atoms with Crippen LogP contribution in [0.1, 0.15) is 5.56 Å². The summed E-state index contributed by atoms with van der Waals surface area (Å²) in [6.07, 6.45) is 5.56. The highest BCUT2D eigenvalue weighted by Crippen LogP contribution is 2.39. The van der Waals surface area contributed by atoms with E-state index in [1.165, 1.54) is 24.3 Å². The zero-order valence-electron chi connectivity index (χ0n) is 13.6. The predicted molar refractivity (Wildman–Crippen MR) is 99.6 cm³/mol. The molecule has 0 radical (unpaired) electrons. The third-order valence-electron chi connectivity index (χ3n) is 3.58. The van der Waals surface area contributed by atoms with Crippen molar-refractivity contribution in [2.24, 2.45) is 0 Å². The number of hydrogen-bond acceptors (Lipinski definition) is 6. The van der Waals surface area contributed by atoms with Gasteiger partial charge in [0.05, 0.1) is 16.9 Å². The first kappa shape index (κ1) is 16.9. The Morgan fingerprint density at radius 2 is 1.38 bits per heavy atom. The monoisotopic (exact) mass is 348 g/mol. The molecule has 0 aliphatic carbocycles. The van der Waals surface area contributed by atoms with Gasteiger partial charge in [0, 0.05) is 12.1 Å². The zero-order valence-corrected chi connectivity index (χ0v) is 13.6. The number of anilines is 2. The van der Waals surface area contributed by atoms with Gasteiger partial charge in [-0.2, -0.15) is 0 Å². The van der Waals surface area contributed by atoms with E-state index in [0.717, 1.165) is 0 Å². The summed E-state index contributed by atoms with van der Waals surface area (Å²) < 4.78 is 11.7. The van der Waals surface area contributed by atoms with Crippen LogP contribution in [-0.4, -0.2) is 10.2 Å². The molecule has 0 unspecified atom stereocenters. The molecule has 0 aliphatic heterocycles. The van der Waals surface area contributed by atoms with Gasteiger partial charge in [-0.15, -0.1) is 6.42 Å². The van der Waals surface area contributed by atoms with E-state index >= 15 is 0 Å². The van der Waals surface area contributed by atoms with E-state index in [0.29, 0.717) is 28.6 Å². The highest BCUT2D eigenvalue weighted by Gasteiger charge is 2.13. The lowest BCUT2D eigenvalue weighted by Gasteiger charge is -2.15. The Kier molecular flexibility index (Phi) is 4.46. The molecule has 0 fully saturated rings. The van der Waals surface area contributed by atoms with Crippen molar-refractivity contribution in [1.82, 2.24) is 0 Å². The largest absolute Gasteiger partial charge is 0.506 e. The van der Waals surface area contributed by atoms with Gasteiger partial charge in [-0.1, -0.05) is 12.0 Å². The number of ether oxygens (including phenoxy) is 2. The number of benzene rings is 3. The summed E-state index contributed by atoms with van der Waals surface area (Å²) in [6.45, 7) is 0. The van der Waals surface area contributed by atoms with Crippen LogP contribution < -0.4 is 20.9 Å². The van der Waals surface area contributed by atoms with Crippen molar-refractivity contribution in [1.29, 1.82) is 0 Å². The fourth-order valence-corrected chi connectivity index (χ4v) is 2.25. The maximum atomic E-state index is 9.54. The van der Waals surface area contributed by atoms with Gasteiger partial charge in [-0.05, 0) is 36.4 Å². The predicted octanol–water partition coefficient (Wildman–Crippen LogP) is 3.83. The molecule has 0 saturated heterocycles. The minimum Gasteiger partial charge on any atom is -0.506 e. The fourth-order valence-electron chi connectivity index (χ4n) is 2.25. The van der Waals surface area contributed by atoms with Gasteiger partial charge in [0.25, 0.3) is 0 Å². The topological polar surface area (TPSA) is 111 Å². The maximum Gasteiger partial charge on any atom is 0.185 e. The van der Waals surface area contributed by atoms with Crippen LogP contribution in [0.15, 0.2) is 54.6 Å². The first-order valence-electron chi connectivity index (χ1n) is 7.60. The van der Waals surface area contributed by atoms with Crippen molar-refractivity contribution < 1.29 is 19.7 Å². The van der Waals surface area contributed by atoms with Gasteiger partial charge in [0.15, 0.2) is 11.5 Å². The number of rotatable bonds is 4. The molecule has 3 aromatic rings. The van der Waals surface area contributed by atoms with E-state index in [1.807, 2.05) is 0 Å². The number of para-hydroxylation sites is 1. The Balaban J connectivity index is 1.99. The Morgan fingerprint density at radius 3 is 1.92 bits per heavy atom. The van der Waals surface area contributed by atoms with Crippen LogP contribution in [0.2, 0.25) is 0 Å². The summed E-state index contributed by atoms with van der Waals surface area (Å²) in [5.41, 5.74) is 12.2. The Morgan fingerprint density at radius 1 is 0.808 bits per heavy atom. The number of phenolic OH excluding ortho intramolecular Hbond substituents is 2. The number of nitrogen functional groups attached to an aromatic ring is 2. The van der Waals surface area contributed by atoms with Gasteiger partial charge in [-0.3, -0.25) is 0 Å². The molecule has 0 amide bonds. The molecular weight excluding hydrogens is 332 g/mol. The third kappa shape index (κ3) is 3.42. The minimum absolute atomic E-state index is 0.0363. The highest BCUT2D eigenvalue weighted by molar-refractivity contribution is 5.61. The van der Waals surface area contributed by atoms with E-state index in [9.17, 15) is 10.2 Å². The molecule has 0 saturated carbocycles. The lowest BCUT2D eigenvalue weighted by Crippen LogP contribution is -1.95. The molecule has 6 nitrogen and oxygen atoms in total. The Hall–Kier alpha value is -3.98. The average molecular weight is 348 g/mol. The quantitative estimate of drug-likeness (QED) is 0.324. The highest BCUT2D eigenvalue weighted by atomic mass is 16.5. The van der Waals surface area contributed by atoms with Crippen LogP contribution in [-0.2, 0) is 0 Å². The summed E-state index contributed by atoms with van der Waals surface area (Å²) in [4.78, 5) is 0. The second-order valence-electron chi connectivity index (χ2n) is 5.42. The summed E-state index contributed by atoms with van der Waals surface area (Å²) >= 11 is 0. The molecule has 0 spiro atoms. The summed E-state index contributed by atoms with van der Waals surface area (Å²) in [6, 6.07) is 14.1. The van der Waals surface area contributed by atoms with Crippen molar-refractivity contribution >= 4 is 11.4 Å². The number of hydrogen-bond donors (Lipinski definition) is 4. The second-order valence-corrected chi connectivity index (χ2v) is 5.42. The molecule has 0 atom stereocenters. The molecule has 130 valence electrons. The normalized spacial score (nSPS) is 10.1. The Bertz CT molecular complexity index is 1010. The van der Waals surface area contributed by atoms with Crippen molar-refractivity contribution in [2.45, 2.75) is 0 Å². The van der Waals surface area contributed by atoms with Gasteiger partial charge in [0.2, 0.25) is 0 Å². The molecule has 26 heavy (non-hydrogen) atoms. The molecule has 0 heterocycles. The van der Waals surface area contributed by atoms with Crippen molar-refractivity contribution in [3.8, 4) is 46.8 Å². The van der Waals surface area contributed by atoms with E-state index in [4.69, 9.17) is 27.4 Å². The van der Waals surface area contributed by atoms with Gasteiger partial charge >= 0.3 is 0 Å². The smallest absolute Gasteiger partial charge is 0.185 e. The molecule has 0 aliphatic rings. The SMILES string of the molecule is C#Cc1cccc(Oc2ccc(O)c(N)c2)c1Oc1ccc(O)c(N)c1. The van der Waals surface area contributed by atoms with Gasteiger partial charge in [-0.25, -0.2) is 0 Å². The first-order valence-corrected chi connectivity index (χ1v) is 7.60. The standard InChI is InChI=1S/C20H16N2O4/c1-2-12-4-3-5-19(25-13-6-8-17(23)15(21)10-13)20(12)26-14-7-9-18(24)16(22)11-14/h1,3-11,23-24H,21-22H2. The van der Waals surface area contributed by atoms with Crippen molar-refractivity contribution in [3.63, 3.8) is 0 Å². The number of aromatic hydroxyl groups is 2. The third-order valence-corrected chi connectivity index (χ3v) is 3.58. The summed E-state index contributed by atoms with van der Waals surface area (Å²) in [7, 11) is 0. The number of terminal acetylenes is 1. The number of nitrogens with two attached hydrogens (primary N) is 2. The second kappa shape index (κ2) is 6.87. The average Bonchev–Trinajstić information content (AvgIpc) is 2.62. The zero-order chi connectivity index (χ0) is 18.7. The van der Waals surface area contributed by atoms with Crippen LogP contribution in [0, 0.1) is 12.3 Å². The molecule has 6 N–H and O–H groups in total. The first-order chi connectivity index (χ1) is 12.5. The van der Waals surface area contributed by atoms with E-state index in [2.05, 4.69) is 5.92 Å². The lowest BCUT2D eigenvalue weighted by atomic mass is 10.2. The molecular formula is C20H16N2O4. The Labute approximate surface area is 150 Å². The van der Waals surface area contributed by atoms with Crippen LogP contribution in [0.5, 0.6) is 34.5 Å². The van der Waals surface area contributed by atoms with Crippen LogP contribution in [0.25, 0.3) is 0 Å². The molecule has 3 aromatic carbocycles. The minimum atomic E-state index is -0.0429. The summed E-state index contributed by atoms with van der Waals surface area (Å²) in [5.74, 6) is 3.92. The molecule has 6 heteroatoms. The van der Waals surface area contributed by atoms with Crippen molar-refractivity contribution in [2.75, 3.05) is 11.5 Å². The van der Waals surface area contributed by atoms with E-state index < -0.39 is 0 Å². The van der Waals surface area contributed by atoms with Crippen molar-refractivity contribution in [3.05, 3.63) is 60.2 Å². The van der Waals surface area contributed by atoms with Gasteiger partial charge in [0.1, 0.15) is 23.0 Å². The fraction of sp³-hybridized carbons (Fsp3) is 0. The van der Waals surface area contributed by atoms with E-state index in [1.54, 1.807) is 30.3 Å². The van der Waals surface area contributed by atoms with Crippen LogP contribution in [0.3, 0.4) is 0 Å². The molecule has 0 bridgehead atoms. The van der Waals surface area contributed by atoms with Crippen LogP contribution in [0.4, 0.5) is 11.4 Å². The summed E-state index contributed by atoms with van der Waals surface area (Å²) in [5, 5.41) is 19.1. The van der Waals surface area contributed by atoms with E-state index in [-0.39, 0.29) is 22.9 Å². The molecule has 0 aromatic heterocycles. The van der Waals surface area contributed by atoms with Crippen LogP contribution >= 0.6 is 0 Å². The van der Waals surface area contributed by atoms with Gasteiger partial charge < -0.3 is 31.2 Å². The maximum absolute atomic E-state index is 9.54. The lowest BCUT2D eigenvalue weighted by molar-refractivity contribution is 0.416. The number of phenols is 2.